The van der Waals surface area contributed by atoms with Gasteiger partial charge in [0.25, 0.3) is 0 Å². The second-order valence-electron chi connectivity index (χ2n) is 8.48. The summed E-state index contributed by atoms with van der Waals surface area (Å²) in [4.78, 5) is 25.6. The van der Waals surface area contributed by atoms with Crippen molar-refractivity contribution in [1.29, 1.82) is 0 Å². The maximum absolute atomic E-state index is 13.2. The highest BCUT2D eigenvalue weighted by Crippen LogP contribution is 2.37. The minimum atomic E-state index is -4.95. The van der Waals surface area contributed by atoms with Gasteiger partial charge in [-0.3, -0.25) is 4.79 Å². The molecule has 0 bridgehead atoms. The first-order valence-electron chi connectivity index (χ1n) is 11.5. The Labute approximate surface area is 209 Å². The lowest BCUT2D eigenvalue weighted by molar-refractivity contribution is -0.144. The maximum Gasteiger partial charge on any atom is 0.416 e. The number of piperidine rings is 1. The number of rotatable bonds is 7. The lowest BCUT2D eigenvalue weighted by Crippen LogP contribution is -2.50. The van der Waals surface area contributed by atoms with Gasteiger partial charge in [0.05, 0.1) is 30.4 Å². The summed E-state index contributed by atoms with van der Waals surface area (Å²) in [6, 6.07) is 9.79. The maximum atomic E-state index is 13.2. The second-order valence-corrected chi connectivity index (χ2v) is 8.48. The third-order valence-electron chi connectivity index (χ3n) is 5.87. The van der Waals surface area contributed by atoms with E-state index in [0.717, 1.165) is 5.56 Å². The standard InChI is InChI=1S/C25H26F6N2O4/c1-2-36-22(34)13-32-23(35)33-9-8-21(20(14-33)17-6-4-3-5-7-17)37-15-16-10-18(24(26,27)28)12-19(11-16)25(29,30)31/h3-7,10-12,20-21H,2,8-9,13-15H2,1H3,(H,32,35). The van der Waals surface area contributed by atoms with E-state index in [1.54, 1.807) is 37.3 Å². The van der Waals surface area contributed by atoms with Crippen molar-refractivity contribution in [2.24, 2.45) is 0 Å². The summed E-state index contributed by atoms with van der Waals surface area (Å²) in [5.41, 5.74) is -2.29. The van der Waals surface area contributed by atoms with E-state index in [-0.39, 0.29) is 44.3 Å². The Balaban J connectivity index is 1.76. The molecule has 2 unspecified atom stereocenters. The molecule has 1 aliphatic heterocycles. The van der Waals surface area contributed by atoms with Crippen molar-refractivity contribution in [3.63, 3.8) is 0 Å². The number of carbonyl (C=O) groups excluding carboxylic acids is 2. The third kappa shape index (κ3) is 7.85. The zero-order valence-electron chi connectivity index (χ0n) is 19.9. The number of benzene rings is 2. The number of alkyl halides is 6. The lowest BCUT2D eigenvalue weighted by Gasteiger charge is -2.38. The van der Waals surface area contributed by atoms with Gasteiger partial charge in [0, 0.05) is 19.0 Å². The van der Waals surface area contributed by atoms with E-state index < -0.39 is 54.1 Å². The molecular formula is C25H26F6N2O4. The van der Waals surface area contributed by atoms with Crippen LogP contribution < -0.4 is 5.32 Å². The molecule has 2 aromatic rings. The Morgan fingerprint density at radius 1 is 1.00 bits per heavy atom. The molecule has 1 aliphatic rings. The molecule has 1 saturated heterocycles. The van der Waals surface area contributed by atoms with Crippen LogP contribution in [0.4, 0.5) is 31.1 Å². The molecule has 2 aromatic carbocycles. The molecule has 0 aliphatic carbocycles. The lowest BCUT2D eigenvalue weighted by atomic mass is 9.88. The SMILES string of the molecule is CCOC(=O)CNC(=O)N1CCC(OCc2cc(C(F)(F)F)cc(C(F)(F)F)c2)C(c2ccccc2)C1. The molecule has 1 N–H and O–H groups in total. The number of nitrogens with zero attached hydrogens (tertiary/aromatic N) is 1. The Bertz CT molecular complexity index is 1040. The molecular weight excluding hydrogens is 506 g/mol. The smallest absolute Gasteiger partial charge is 0.416 e. The molecule has 12 heteroatoms. The van der Waals surface area contributed by atoms with Gasteiger partial charge >= 0.3 is 24.4 Å². The number of nitrogens with one attached hydrogen (secondary N) is 1. The molecule has 2 atom stereocenters. The van der Waals surface area contributed by atoms with E-state index in [4.69, 9.17) is 9.47 Å². The van der Waals surface area contributed by atoms with Gasteiger partial charge in [0.2, 0.25) is 0 Å². The Morgan fingerprint density at radius 3 is 2.19 bits per heavy atom. The van der Waals surface area contributed by atoms with E-state index in [2.05, 4.69) is 5.32 Å². The van der Waals surface area contributed by atoms with Crippen LogP contribution in [0.25, 0.3) is 0 Å². The first-order chi connectivity index (χ1) is 17.4. The van der Waals surface area contributed by atoms with Crippen LogP contribution >= 0.6 is 0 Å². The number of halogens is 6. The normalized spacial score (nSPS) is 18.4. The fourth-order valence-corrected chi connectivity index (χ4v) is 4.11. The van der Waals surface area contributed by atoms with Crippen molar-refractivity contribution in [2.45, 2.75) is 44.3 Å². The number of hydrogen-bond acceptors (Lipinski definition) is 4. The van der Waals surface area contributed by atoms with E-state index >= 15 is 0 Å². The highest BCUT2D eigenvalue weighted by atomic mass is 19.4. The van der Waals surface area contributed by atoms with Crippen molar-refractivity contribution in [3.8, 4) is 0 Å². The van der Waals surface area contributed by atoms with Gasteiger partial charge in [0.1, 0.15) is 6.54 Å². The van der Waals surface area contributed by atoms with E-state index in [0.29, 0.717) is 12.1 Å². The summed E-state index contributed by atoms with van der Waals surface area (Å²) in [5.74, 6) is -0.996. The van der Waals surface area contributed by atoms with Crippen LogP contribution in [0.15, 0.2) is 48.5 Å². The number of esters is 1. The molecule has 1 heterocycles. The topological polar surface area (TPSA) is 67.9 Å². The molecule has 37 heavy (non-hydrogen) atoms. The van der Waals surface area contributed by atoms with Crippen molar-refractivity contribution < 1.29 is 45.4 Å². The molecule has 2 amide bonds. The number of carbonyl (C=O) groups is 2. The van der Waals surface area contributed by atoms with Crippen LogP contribution in [0, 0.1) is 0 Å². The van der Waals surface area contributed by atoms with Gasteiger partial charge in [-0.2, -0.15) is 26.3 Å². The number of urea groups is 1. The summed E-state index contributed by atoms with van der Waals surface area (Å²) in [5, 5.41) is 2.48. The number of amides is 2. The van der Waals surface area contributed by atoms with Gasteiger partial charge < -0.3 is 19.7 Å². The van der Waals surface area contributed by atoms with Gasteiger partial charge in [-0.05, 0) is 42.7 Å². The molecule has 0 spiro atoms. The Morgan fingerprint density at radius 2 is 1.62 bits per heavy atom. The molecule has 0 aromatic heterocycles. The second kappa shape index (κ2) is 11.8. The van der Waals surface area contributed by atoms with Crippen LogP contribution in [-0.4, -0.2) is 49.2 Å². The fraction of sp³-hybridized carbons (Fsp3) is 0.440. The largest absolute Gasteiger partial charge is 0.465 e. The Kier molecular flexibility index (Phi) is 9.06. The van der Waals surface area contributed by atoms with Crippen molar-refractivity contribution in [2.75, 3.05) is 26.2 Å². The highest BCUT2D eigenvalue weighted by molar-refractivity contribution is 5.81. The van der Waals surface area contributed by atoms with Crippen LogP contribution in [0.5, 0.6) is 0 Å². The van der Waals surface area contributed by atoms with Crippen LogP contribution in [0.2, 0.25) is 0 Å². The summed E-state index contributed by atoms with van der Waals surface area (Å²) < 4.78 is 89.9. The van der Waals surface area contributed by atoms with E-state index in [1.165, 1.54) is 4.90 Å². The summed E-state index contributed by atoms with van der Waals surface area (Å²) in [7, 11) is 0. The first kappa shape index (κ1) is 28.3. The molecule has 3 rings (SSSR count). The molecule has 202 valence electrons. The quantitative estimate of drug-likeness (QED) is 0.385. The van der Waals surface area contributed by atoms with E-state index in [9.17, 15) is 35.9 Å². The van der Waals surface area contributed by atoms with Crippen LogP contribution in [0.3, 0.4) is 0 Å². The van der Waals surface area contributed by atoms with Gasteiger partial charge in [-0.15, -0.1) is 0 Å². The zero-order chi connectivity index (χ0) is 27.2. The predicted molar refractivity (Wildman–Crippen MR) is 120 cm³/mol. The Hall–Kier alpha value is -3.28. The average Bonchev–Trinajstić information content (AvgIpc) is 2.85. The van der Waals surface area contributed by atoms with Crippen molar-refractivity contribution in [3.05, 3.63) is 70.8 Å². The molecule has 0 radical (unpaired) electrons. The molecule has 1 fully saturated rings. The molecule has 6 nitrogen and oxygen atoms in total. The molecule has 0 saturated carbocycles. The first-order valence-corrected chi connectivity index (χ1v) is 11.5. The average molecular weight is 532 g/mol. The fourth-order valence-electron chi connectivity index (χ4n) is 4.11. The highest BCUT2D eigenvalue weighted by Gasteiger charge is 2.38. The summed E-state index contributed by atoms with van der Waals surface area (Å²) in [6.45, 7) is 1.40. The minimum absolute atomic E-state index is 0.0731. The predicted octanol–water partition coefficient (Wildman–Crippen LogP) is 5.37. The number of hydrogen-bond donors (Lipinski definition) is 1. The number of ether oxygens (including phenoxy) is 2. The summed E-state index contributed by atoms with van der Waals surface area (Å²) >= 11 is 0. The number of likely N-dealkylation sites (tertiary alicyclic amines) is 1. The van der Waals surface area contributed by atoms with E-state index in [1.807, 2.05) is 0 Å². The summed E-state index contributed by atoms with van der Waals surface area (Å²) in [6.07, 6.45) is -10.2. The van der Waals surface area contributed by atoms with Crippen molar-refractivity contribution in [1.82, 2.24) is 10.2 Å². The monoisotopic (exact) mass is 532 g/mol. The third-order valence-corrected chi connectivity index (χ3v) is 5.87. The van der Waals surface area contributed by atoms with Crippen LogP contribution in [0.1, 0.15) is 41.5 Å². The van der Waals surface area contributed by atoms with Gasteiger partial charge in [-0.1, -0.05) is 30.3 Å². The minimum Gasteiger partial charge on any atom is -0.465 e. The van der Waals surface area contributed by atoms with Gasteiger partial charge in [0.15, 0.2) is 0 Å². The zero-order valence-corrected chi connectivity index (χ0v) is 19.9. The van der Waals surface area contributed by atoms with Crippen LogP contribution in [-0.2, 0) is 33.2 Å². The van der Waals surface area contributed by atoms with Crippen molar-refractivity contribution >= 4 is 12.0 Å². The van der Waals surface area contributed by atoms with Gasteiger partial charge in [-0.25, -0.2) is 4.79 Å².